The fraction of sp³-hybridized carbons (Fsp3) is 0.0345. The average molecular weight is 454 g/mol. The smallest absolute Gasteiger partial charge is 0.239 e. The van der Waals surface area contributed by atoms with Gasteiger partial charge in [0.05, 0.1) is 11.0 Å². The van der Waals surface area contributed by atoms with Gasteiger partial charge >= 0.3 is 0 Å². The van der Waals surface area contributed by atoms with E-state index in [1.54, 1.807) is 0 Å². The molecule has 0 fully saturated rings. The van der Waals surface area contributed by atoms with Crippen molar-refractivity contribution in [1.82, 2.24) is 24.5 Å². The van der Waals surface area contributed by atoms with Crippen LogP contribution in [0.1, 0.15) is 5.82 Å². The summed E-state index contributed by atoms with van der Waals surface area (Å²) in [5, 5.41) is 2.11. The van der Waals surface area contributed by atoms with Crippen LogP contribution in [0.4, 0.5) is 0 Å². The van der Waals surface area contributed by atoms with Crippen LogP contribution < -0.4 is 0 Å². The Hall–Kier alpha value is -4.84. The zero-order chi connectivity index (χ0) is 23.4. The fourth-order valence-electron chi connectivity index (χ4n) is 4.57. The van der Waals surface area contributed by atoms with Crippen LogP contribution in [-0.2, 0) is 0 Å². The number of para-hydroxylation sites is 1. The first-order valence-electron chi connectivity index (χ1n) is 11.4. The van der Waals surface area contributed by atoms with Crippen molar-refractivity contribution in [3.05, 3.63) is 103 Å². The van der Waals surface area contributed by atoms with Gasteiger partial charge in [0.2, 0.25) is 5.95 Å². The van der Waals surface area contributed by atoms with Crippen LogP contribution in [0.2, 0.25) is 0 Å². The highest BCUT2D eigenvalue weighted by Gasteiger charge is 2.18. The van der Waals surface area contributed by atoms with E-state index in [0.717, 1.165) is 49.9 Å². The number of rotatable bonds is 3. The molecule has 0 spiro atoms. The van der Waals surface area contributed by atoms with Crippen molar-refractivity contribution in [2.45, 2.75) is 6.92 Å². The molecule has 3 heterocycles. The van der Waals surface area contributed by atoms with Crippen LogP contribution in [-0.4, -0.2) is 24.5 Å². The van der Waals surface area contributed by atoms with E-state index in [1.807, 2.05) is 96.4 Å². The third kappa shape index (κ3) is 3.19. The van der Waals surface area contributed by atoms with Gasteiger partial charge in [0, 0.05) is 28.0 Å². The third-order valence-electron chi connectivity index (χ3n) is 6.21. The fourth-order valence-corrected chi connectivity index (χ4v) is 4.57. The molecule has 35 heavy (non-hydrogen) atoms. The number of aromatic nitrogens is 5. The Morgan fingerprint density at radius 2 is 1.23 bits per heavy atom. The highest BCUT2D eigenvalue weighted by Crippen LogP contribution is 2.33. The first-order valence-corrected chi connectivity index (χ1v) is 11.4. The number of benzene rings is 4. The van der Waals surface area contributed by atoms with E-state index >= 15 is 0 Å². The summed E-state index contributed by atoms with van der Waals surface area (Å²) in [6, 6.07) is 32.1. The lowest BCUT2D eigenvalue weighted by molar-refractivity contribution is 0.669. The molecule has 6 nitrogen and oxygen atoms in total. The standard InChI is InChI=1S/C29H19N5O/c1-18-30-23-17-26-22(21-14-8-9-15-25(21)35-26)16-24(23)34(18)29-32-27(19-10-4-2-5-11-19)31-28(33-29)20-12-6-3-7-13-20/h2-17H,1H3. The van der Waals surface area contributed by atoms with E-state index in [9.17, 15) is 0 Å². The van der Waals surface area contributed by atoms with Crippen molar-refractivity contribution >= 4 is 33.0 Å². The van der Waals surface area contributed by atoms with Crippen molar-refractivity contribution < 1.29 is 4.42 Å². The van der Waals surface area contributed by atoms with Crippen molar-refractivity contribution in [3.63, 3.8) is 0 Å². The Morgan fingerprint density at radius 1 is 0.600 bits per heavy atom. The molecule has 0 N–H and O–H groups in total. The topological polar surface area (TPSA) is 69.6 Å². The summed E-state index contributed by atoms with van der Waals surface area (Å²) in [5.74, 6) is 2.56. The zero-order valence-electron chi connectivity index (χ0n) is 18.9. The van der Waals surface area contributed by atoms with Gasteiger partial charge in [-0.05, 0) is 19.1 Å². The molecule has 0 aliphatic carbocycles. The van der Waals surface area contributed by atoms with Gasteiger partial charge in [0.15, 0.2) is 11.6 Å². The SMILES string of the molecule is Cc1nc2cc3oc4ccccc4c3cc2n1-c1nc(-c2ccccc2)nc(-c2ccccc2)n1. The highest BCUT2D eigenvalue weighted by atomic mass is 16.3. The van der Waals surface area contributed by atoms with E-state index in [0.29, 0.717) is 17.6 Å². The second kappa shape index (κ2) is 7.60. The quantitative estimate of drug-likeness (QED) is 0.296. The zero-order valence-corrected chi connectivity index (χ0v) is 18.9. The van der Waals surface area contributed by atoms with E-state index in [-0.39, 0.29) is 0 Å². The summed E-state index contributed by atoms with van der Waals surface area (Å²) in [5.41, 5.74) is 5.28. The van der Waals surface area contributed by atoms with Gasteiger partial charge in [0.1, 0.15) is 17.0 Å². The number of hydrogen-bond donors (Lipinski definition) is 0. The maximum atomic E-state index is 6.08. The molecule has 0 aliphatic heterocycles. The number of imidazole rings is 1. The molecule has 7 rings (SSSR count). The van der Waals surface area contributed by atoms with Crippen LogP contribution >= 0.6 is 0 Å². The van der Waals surface area contributed by atoms with Gasteiger partial charge in [-0.3, -0.25) is 4.57 Å². The predicted molar refractivity (Wildman–Crippen MR) is 137 cm³/mol. The number of nitrogens with zero attached hydrogens (tertiary/aromatic N) is 5. The number of aryl methyl sites for hydroxylation is 1. The monoisotopic (exact) mass is 453 g/mol. The summed E-state index contributed by atoms with van der Waals surface area (Å²) >= 11 is 0. The van der Waals surface area contributed by atoms with Crippen molar-refractivity contribution in [2.75, 3.05) is 0 Å². The minimum absolute atomic E-state index is 0.532. The van der Waals surface area contributed by atoms with Crippen molar-refractivity contribution in [1.29, 1.82) is 0 Å². The van der Waals surface area contributed by atoms with Crippen LogP contribution in [0.25, 0.3) is 61.7 Å². The summed E-state index contributed by atoms with van der Waals surface area (Å²) < 4.78 is 8.08. The molecule has 7 aromatic rings. The maximum Gasteiger partial charge on any atom is 0.239 e. The van der Waals surface area contributed by atoms with Crippen LogP contribution in [0.3, 0.4) is 0 Å². The lowest BCUT2D eigenvalue weighted by atomic mass is 10.1. The normalized spacial score (nSPS) is 11.6. The summed E-state index contributed by atoms with van der Waals surface area (Å²) in [6.45, 7) is 1.97. The van der Waals surface area contributed by atoms with E-state index < -0.39 is 0 Å². The second-order valence-electron chi connectivity index (χ2n) is 8.44. The Balaban J connectivity index is 1.52. The first kappa shape index (κ1) is 19.6. The molecule has 6 heteroatoms. The largest absolute Gasteiger partial charge is 0.456 e. The number of fused-ring (bicyclic) bond motifs is 4. The Bertz CT molecular complexity index is 1800. The van der Waals surface area contributed by atoms with Gasteiger partial charge in [0.25, 0.3) is 0 Å². The maximum absolute atomic E-state index is 6.08. The van der Waals surface area contributed by atoms with Crippen molar-refractivity contribution in [2.24, 2.45) is 0 Å². The third-order valence-corrected chi connectivity index (χ3v) is 6.21. The van der Waals surface area contributed by atoms with Gasteiger partial charge in [-0.25, -0.2) is 9.97 Å². The van der Waals surface area contributed by atoms with Gasteiger partial charge in [-0.15, -0.1) is 0 Å². The molecule has 0 saturated heterocycles. The molecule has 0 bridgehead atoms. The van der Waals surface area contributed by atoms with E-state index in [4.69, 9.17) is 24.4 Å². The van der Waals surface area contributed by atoms with Crippen LogP contribution in [0.15, 0.2) is 101 Å². The predicted octanol–water partition coefficient (Wildman–Crippen LogP) is 6.75. The molecular formula is C29H19N5O. The van der Waals surface area contributed by atoms with Crippen molar-refractivity contribution in [3.8, 4) is 28.7 Å². The highest BCUT2D eigenvalue weighted by molar-refractivity contribution is 6.09. The van der Waals surface area contributed by atoms with Crippen LogP contribution in [0.5, 0.6) is 0 Å². The second-order valence-corrected chi connectivity index (χ2v) is 8.44. The molecule has 0 amide bonds. The molecule has 0 unspecified atom stereocenters. The molecule has 4 aromatic carbocycles. The minimum Gasteiger partial charge on any atom is -0.456 e. The van der Waals surface area contributed by atoms with E-state index in [1.165, 1.54) is 0 Å². The lowest BCUT2D eigenvalue weighted by Gasteiger charge is -2.10. The van der Waals surface area contributed by atoms with Crippen LogP contribution in [0, 0.1) is 6.92 Å². The summed E-state index contributed by atoms with van der Waals surface area (Å²) in [4.78, 5) is 19.4. The summed E-state index contributed by atoms with van der Waals surface area (Å²) in [6.07, 6.45) is 0. The first-order chi connectivity index (χ1) is 17.2. The average Bonchev–Trinajstić information content (AvgIpc) is 3.43. The van der Waals surface area contributed by atoms with Gasteiger partial charge < -0.3 is 4.42 Å². The van der Waals surface area contributed by atoms with E-state index in [2.05, 4.69) is 12.1 Å². The molecule has 166 valence electrons. The minimum atomic E-state index is 0.532. The molecule has 0 saturated carbocycles. The molecular weight excluding hydrogens is 434 g/mol. The Morgan fingerprint density at radius 3 is 1.91 bits per heavy atom. The number of furan rings is 1. The van der Waals surface area contributed by atoms with Gasteiger partial charge in [-0.2, -0.15) is 9.97 Å². The molecule has 3 aromatic heterocycles. The molecule has 0 aliphatic rings. The lowest BCUT2D eigenvalue weighted by Crippen LogP contribution is -2.07. The number of hydrogen-bond acceptors (Lipinski definition) is 5. The van der Waals surface area contributed by atoms with Gasteiger partial charge in [-0.1, -0.05) is 78.9 Å². The summed E-state index contributed by atoms with van der Waals surface area (Å²) in [7, 11) is 0. The molecule has 0 radical (unpaired) electrons. The Kier molecular flexibility index (Phi) is 4.26. The molecule has 0 atom stereocenters. The Labute approximate surface area is 200 Å².